The van der Waals surface area contributed by atoms with Crippen LogP contribution in [0, 0.1) is 12.7 Å². The summed E-state index contributed by atoms with van der Waals surface area (Å²) < 4.78 is 43.8. The number of aryl methyl sites for hydroxylation is 1. The number of amides is 8. The molecule has 466 valence electrons. The number of cyclic esters (lactones) is 1. The van der Waals surface area contributed by atoms with E-state index in [2.05, 4.69) is 73.7 Å². The zero-order chi connectivity index (χ0) is 62.8. The minimum Gasteiger partial charge on any atom is -0.458 e. The highest BCUT2D eigenvalue weighted by molar-refractivity contribution is 9.09. The zero-order valence-electron chi connectivity index (χ0n) is 47.8. The fourth-order valence-corrected chi connectivity index (χ4v) is 11.6. The van der Waals surface area contributed by atoms with Crippen molar-refractivity contribution in [2.24, 2.45) is 0 Å². The lowest BCUT2D eigenvalue weighted by Crippen LogP contribution is -2.52. The number of aliphatic hydroxyl groups is 1. The van der Waals surface area contributed by atoms with Crippen LogP contribution in [0.2, 0.25) is 0 Å². The number of benzene rings is 2. The Morgan fingerprint density at radius 1 is 0.761 bits per heavy atom. The normalized spacial score (nSPS) is 16.5. The molecule has 0 unspecified atom stereocenters. The predicted molar refractivity (Wildman–Crippen MR) is 314 cm³/mol. The number of esters is 1. The summed E-state index contributed by atoms with van der Waals surface area (Å²) in [5.74, 6) is -6.49. The van der Waals surface area contributed by atoms with Crippen molar-refractivity contribution in [2.75, 3.05) is 79.2 Å². The van der Waals surface area contributed by atoms with Gasteiger partial charge in [-0.2, -0.15) is 0 Å². The lowest BCUT2D eigenvalue weighted by molar-refractivity contribution is -0.172. The van der Waals surface area contributed by atoms with Crippen molar-refractivity contribution < 1.29 is 76.3 Å². The van der Waals surface area contributed by atoms with Crippen LogP contribution in [-0.4, -0.2) is 168 Å². The monoisotopic (exact) mass is 1350 g/mol. The van der Waals surface area contributed by atoms with Crippen molar-refractivity contribution in [1.29, 1.82) is 0 Å². The maximum absolute atomic E-state index is 15.4. The molecule has 0 spiro atoms. The Balaban J connectivity index is 0.668. The third kappa shape index (κ3) is 14.3. The number of carbonyl (C=O) groups excluding carboxylic acids is 9. The molecule has 27 nitrogen and oxygen atoms in total. The van der Waals surface area contributed by atoms with E-state index in [0.717, 1.165) is 4.90 Å². The number of ether oxygens (including phenoxy) is 5. The van der Waals surface area contributed by atoms with Crippen molar-refractivity contribution in [3.05, 3.63) is 120 Å². The minimum absolute atomic E-state index is 0.00266. The summed E-state index contributed by atoms with van der Waals surface area (Å²) in [5, 5.41) is 28.0. The van der Waals surface area contributed by atoms with Gasteiger partial charge in [-0.1, -0.05) is 69.1 Å². The smallest absolute Gasteiger partial charge is 0.343 e. The standard InChI is InChI=1S/C58H62Br2FN11O16/c1-3-58(83)35-18-42-50-33(25-72(42)54(79)34(35)26-88-57(58)82)49-37(10-9-32-30(2)36(61)19-38(68-50)48(32)49)66-47(77)28-87-29-65-44(74)23-64-53(78)39(17-31-7-5-4-6-8-31)67-45(75)24-62-43(73)22-63-46(76)27-86-16-15-85-14-13-84-12-11-71-55(80)51-52(56(71)81)70-41(21-60)40(20-59)69-51/h4-8,18-19,37,39,83H,3,9-17,20-29H2,1-2H3,(H,62,73)(H,63,76)(H,64,78)(H,65,74)(H,66,77)(H,67,75)/t37-,39-,58-/m0/s1. The fraction of sp³-hybridized carbons (Fsp3) is 0.431. The van der Waals surface area contributed by atoms with Crippen molar-refractivity contribution in [2.45, 2.75) is 81.0 Å². The van der Waals surface area contributed by atoms with E-state index in [1.54, 1.807) is 50.2 Å². The van der Waals surface area contributed by atoms with Gasteiger partial charge < -0.3 is 65.3 Å². The van der Waals surface area contributed by atoms with Crippen LogP contribution in [0.3, 0.4) is 0 Å². The van der Waals surface area contributed by atoms with E-state index < -0.39 is 122 Å². The molecule has 4 aliphatic rings. The van der Waals surface area contributed by atoms with Gasteiger partial charge in [0.1, 0.15) is 38.4 Å². The van der Waals surface area contributed by atoms with Crippen molar-refractivity contribution in [3.63, 3.8) is 0 Å². The zero-order valence-corrected chi connectivity index (χ0v) is 51.0. The quantitative estimate of drug-likeness (QED) is 0.0112. The molecule has 7 N–H and O–H groups in total. The molecule has 0 saturated carbocycles. The van der Waals surface area contributed by atoms with E-state index in [4.69, 9.17) is 28.7 Å². The number of halogens is 3. The van der Waals surface area contributed by atoms with Crippen molar-refractivity contribution in [1.82, 2.24) is 56.3 Å². The molecule has 0 saturated heterocycles. The Bertz CT molecular complexity index is 3630. The summed E-state index contributed by atoms with van der Waals surface area (Å²) in [7, 11) is 0. The van der Waals surface area contributed by atoms with E-state index in [1.165, 1.54) is 10.6 Å². The molecule has 3 atom stereocenters. The fourth-order valence-electron chi connectivity index (χ4n) is 10.7. The Hall–Kier alpha value is -8.00. The number of nitrogens with one attached hydrogen (secondary N) is 6. The second-order valence-corrected chi connectivity index (χ2v) is 21.9. The number of hydrogen-bond donors (Lipinski definition) is 7. The Morgan fingerprint density at radius 2 is 1.40 bits per heavy atom. The van der Waals surface area contributed by atoms with Crippen LogP contribution in [0.4, 0.5) is 4.39 Å². The molecule has 0 radical (unpaired) electrons. The molecule has 6 heterocycles. The van der Waals surface area contributed by atoms with Gasteiger partial charge in [0.25, 0.3) is 17.4 Å². The third-order valence-corrected chi connectivity index (χ3v) is 16.3. The number of nitrogens with zero attached hydrogens (tertiary/aromatic N) is 5. The second kappa shape index (κ2) is 28.9. The highest BCUT2D eigenvalue weighted by Crippen LogP contribution is 2.46. The lowest BCUT2D eigenvalue weighted by atomic mass is 9.81. The molecule has 3 aliphatic heterocycles. The van der Waals surface area contributed by atoms with Crippen LogP contribution >= 0.6 is 31.9 Å². The van der Waals surface area contributed by atoms with Gasteiger partial charge in [-0.25, -0.2) is 24.1 Å². The van der Waals surface area contributed by atoms with Crippen LogP contribution in [-0.2, 0) is 99.5 Å². The second-order valence-electron chi connectivity index (χ2n) is 20.8. The van der Waals surface area contributed by atoms with Gasteiger partial charge in [-0.05, 0) is 54.5 Å². The molecule has 2 aromatic carbocycles. The van der Waals surface area contributed by atoms with Crippen molar-refractivity contribution >= 4 is 96.0 Å². The van der Waals surface area contributed by atoms with Gasteiger partial charge in [0.2, 0.25) is 35.4 Å². The van der Waals surface area contributed by atoms with E-state index in [1.807, 2.05) is 0 Å². The molecule has 9 rings (SSSR count). The Labute approximate surface area is 518 Å². The van der Waals surface area contributed by atoms with Gasteiger partial charge in [-0.3, -0.25) is 48.1 Å². The van der Waals surface area contributed by atoms with E-state index in [9.17, 15) is 53.1 Å². The number of rotatable bonds is 29. The number of hydrogen-bond acceptors (Lipinski definition) is 19. The summed E-state index contributed by atoms with van der Waals surface area (Å²) in [4.78, 5) is 144. The largest absolute Gasteiger partial charge is 0.458 e. The van der Waals surface area contributed by atoms with Crippen LogP contribution in [0.1, 0.15) is 97.1 Å². The first-order valence-electron chi connectivity index (χ1n) is 28.1. The van der Waals surface area contributed by atoms with Gasteiger partial charge in [0.15, 0.2) is 17.0 Å². The van der Waals surface area contributed by atoms with Crippen LogP contribution in [0.5, 0.6) is 0 Å². The number of aromatic nitrogens is 4. The molecule has 1 aliphatic carbocycles. The lowest BCUT2D eigenvalue weighted by Gasteiger charge is -2.31. The highest BCUT2D eigenvalue weighted by atomic mass is 79.9. The topological polar surface area (TPSA) is 356 Å². The van der Waals surface area contributed by atoms with Gasteiger partial charge >= 0.3 is 5.97 Å². The summed E-state index contributed by atoms with van der Waals surface area (Å²) in [5.41, 5.74) is 2.87. The predicted octanol–water partition coefficient (Wildman–Crippen LogP) is 0.723. The van der Waals surface area contributed by atoms with Crippen molar-refractivity contribution in [3.8, 4) is 11.4 Å². The van der Waals surface area contributed by atoms with Gasteiger partial charge in [-0.15, -0.1) is 0 Å². The summed E-state index contributed by atoms with van der Waals surface area (Å²) in [6.07, 6.45) is 0.707. The van der Waals surface area contributed by atoms with Crippen LogP contribution < -0.4 is 37.5 Å². The maximum Gasteiger partial charge on any atom is 0.343 e. The molecule has 8 amide bonds. The molecule has 0 fully saturated rings. The first-order valence-corrected chi connectivity index (χ1v) is 30.3. The molecule has 3 aromatic heterocycles. The van der Waals surface area contributed by atoms with Crippen LogP contribution in [0.15, 0.2) is 47.3 Å². The number of imide groups is 1. The first kappa shape index (κ1) is 64.5. The van der Waals surface area contributed by atoms with E-state index in [-0.39, 0.29) is 88.1 Å². The van der Waals surface area contributed by atoms with E-state index in [0.29, 0.717) is 85.0 Å². The Morgan fingerprint density at radius 3 is 2.09 bits per heavy atom. The maximum atomic E-state index is 15.4. The average Bonchev–Trinajstić information content (AvgIpc) is 1.47. The number of carbonyl (C=O) groups is 9. The van der Waals surface area contributed by atoms with E-state index >= 15 is 4.39 Å². The molecule has 0 bridgehead atoms. The molecular weight excluding hydrogens is 1290 g/mol. The Kier molecular flexibility index (Phi) is 21.2. The highest BCUT2D eigenvalue weighted by Gasteiger charge is 2.46. The summed E-state index contributed by atoms with van der Waals surface area (Å²) in [6, 6.07) is 9.74. The minimum atomic E-state index is -2.06. The van der Waals surface area contributed by atoms with Gasteiger partial charge in [0.05, 0.1) is 106 Å². The molecular formula is C58H62Br2FN11O16. The molecule has 30 heteroatoms. The van der Waals surface area contributed by atoms with Gasteiger partial charge in [0, 0.05) is 39.7 Å². The summed E-state index contributed by atoms with van der Waals surface area (Å²) in [6.45, 7) is 0.555. The average molecular weight is 1350 g/mol. The molecule has 5 aromatic rings. The molecule has 88 heavy (non-hydrogen) atoms. The number of fused-ring (bicyclic) bond motifs is 6. The number of pyridine rings is 2. The third-order valence-electron chi connectivity index (χ3n) is 15.2. The SMILES string of the molecule is CC[C@@]1(O)C(=O)OCc2c1cc1n(c2=O)Cc2c-1nc1cc(F)c(C)c3c1c2[C@@H](NC(=O)COCNC(=O)CNC(=O)[C@H](Cc1ccccc1)NC(=O)CNC(=O)CNC(=O)COCCOCCOCCN1C(=O)c2nc(CBr)c(CBr)nc2C1=O)CC3. The number of alkyl halides is 2. The van der Waals surface area contributed by atoms with Crippen LogP contribution in [0.25, 0.3) is 22.3 Å². The summed E-state index contributed by atoms with van der Waals surface area (Å²) >= 11 is 6.63. The first-order chi connectivity index (χ1) is 42.3.